The van der Waals surface area contributed by atoms with Crippen LogP contribution in [-0.2, 0) is 0 Å². The Kier molecular flexibility index (Phi) is 2.90. The summed E-state index contributed by atoms with van der Waals surface area (Å²) in [6, 6.07) is 2.28. The third kappa shape index (κ3) is 1.93. The molecule has 0 spiro atoms. The van der Waals surface area contributed by atoms with Gasteiger partial charge in [0.2, 0.25) is 0 Å². The highest BCUT2D eigenvalue weighted by atomic mass is 79.9. The van der Waals surface area contributed by atoms with Gasteiger partial charge < -0.3 is 0 Å². The van der Waals surface area contributed by atoms with Gasteiger partial charge >= 0.3 is 0 Å². The van der Waals surface area contributed by atoms with Crippen LogP contribution >= 0.6 is 27.7 Å². The van der Waals surface area contributed by atoms with E-state index in [0.29, 0.717) is 4.90 Å². The summed E-state index contributed by atoms with van der Waals surface area (Å²) < 4.78 is 25.7. The Morgan fingerprint density at radius 1 is 1.36 bits per heavy atom. The number of thioether (sulfide) groups is 1. The predicted molar refractivity (Wildman–Crippen MR) is 45.8 cm³/mol. The van der Waals surface area contributed by atoms with Crippen molar-refractivity contribution >= 4 is 27.7 Å². The van der Waals surface area contributed by atoms with Crippen molar-refractivity contribution in [2.75, 3.05) is 6.26 Å². The zero-order chi connectivity index (χ0) is 8.43. The molecule has 0 saturated heterocycles. The first-order chi connectivity index (χ1) is 5.15. The lowest BCUT2D eigenvalue weighted by molar-refractivity contribution is 0.571. The minimum atomic E-state index is -0.428. The van der Waals surface area contributed by atoms with Crippen molar-refractivity contribution in [2.24, 2.45) is 0 Å². The zero-order valence-corrected chi connectivity index (χ0v) is 8.10. The van der Waals surface area contributed by atoms with Crippen LogP contribution < -0.4 is 0 Å². The van der Waals surface area contributed by atoms with Crippen LogP contribution in [-0.4, -0.2) is 6.26 Å². The molecule has 0 fully saturated rings. The summed E-state index contributed by atoms with van der Waals surface area (Å²) in [6.45, 7) is 0. The highest BCUT2D eigenvalue weighted by Crippen LogP contribution is 2.26. The summed E-state index contributed by atoms with van der Waals surface area (Å²) >= 11 is 4.09. The van der Waals surface area contributed by atoms with Crippen molar-refractivity contribution in [2.45, 2.75) is 4.90 Å². The topological polar surface area (TPSA) is 0 Å². The van der Waals surface area contributed by atoms with E-state index in [0.717, 1.165) is 6.07 Å². The van der Waals surface area contributed by atoms with E-state index in [2.05, 4.69) is 15.9 Å². The Morgan fingerprint density at radius 2 is 2.00 bits per heavy atom. The molecule has 0 N–H and O–H groups in total. The number of rotatable bonds is 1. The van der Waals surface area contributed by atoms with Crippen LogP contribution in [0, 0.1) is 11.6 Å². The molecule has 0 unspecified atom stereocenters. The van der Waals surface area contributed by atoms with Gasteiger partial charge in [-0.05, 0) is 34.3 Å². The van der Waals surface area contributed by atoms with E-state index in [4.69, 9.17) is 0 Å². The molecule has 0 radical (unpaired) electrons. The average Bonchev–Trinajstić information content (AvgIpc) is 1.96. The van der Waals surface area contributed by atoms with Gasteiger partial charge in [0.05, 0.1) is 4.47 Å². The Morgan fingerprint density at radius 3 is 2.55 bits per heavy atom. The van der Waals surface area contributed by atoms with Gasteiger partial charge in [-0.3, -0.25) is 0 Å². The predicted octanol–water partition coefficient (Wildman–Crippen LogP) is 3.45. The molecule has 11 heavy (non-hydrogen) atoms. The maximum absolute atomic E-state index is 12.9. The standard InChI is InChI=1S/C7H5BrF2S/c1-11-6-3-4(9)2-5(8)7(6)10/h2-3H,1H3. The maximum atomic E-state index is 12.9. The lowest BCUT2D eigenvalue weighted by Gasteiger charge is -2.00. The monoisotopic (exact) mass is 238 g/mol. The Balaban J connectivity index is 3.24. The molecule has 0 aliphatic carbocycles. The molecule has 0 nitrogen and oxygen atoms in total. The molecular formula is C7H5BrF2S. The van der Waals surface area contributed by atoms with Crippen molar-refractivity contribution in [3.8, 4) is 0 Å². The summed E-state index contributed by atoms with van der Waals surface area (Å²) in [5, 5.41) is 0. The maximum Gasteiger partial charge on any atom is 0.151 e. The summed E-state index contributed by atoms with van der Waals surface area (Å²) in [4.78, 5) is 0.317. The molecule has 60 valence electrons. The SMILES string of the molecule is CSc1cc(F)cc(Br)c1F. The second-order valence-corrected chi connectivity index (χ2v) is 3.61. The van der Waals surface area contributed by atoms with Crippen LogP contribution in [0.15, 0.2) is 21.5 Å². The third-order valence-corrected chi connectivity index (χ3v) is 2.49. The van der Waals surface area contributed by atoms with Crippen LogP contribution in [0.25, 0.3) is 0 Å². The molecule has 0 saturated carbocycles. The van der Waals surface area contributed by atoms with Gasteiger partial charge in [0, 0.05) is 4.90 Å². The van der Waals surface area contributed by atoms with Gasteiger partial charge in [-0.15, -0.1) is 11.8 Å². The van der Waals surface area contributed by atoms with Gasteiger partial charge in [-0.1, -0.05) is 0 Å². The summed E-state index contributed by atoms with van der Waals surface area (Å²) in [6.07, 6.45) is 1.70. The highest BCUT2D eigenvalue weighted by molar-refractivity contribution is 9.10. The minimum Gasteiger partial charge on any atom is -0.207 e. The molecular weight excluding hydrogens is 234 g/mol. The second kappa shape index (κ2) is 3.54. The van der Waals surface area contributed by atoms with Gasteiger partial charge in [-0.2, -0.15) is 0 Å². The molecule has 0 atom stereocenters. The van der Waals surface area contributed by atoms with Gasteiger partial charge in [0.25, 0.3) is 0 Å². The summed E-state index contributed by atoms with van der Waals surface area (Å²) in [5.41, 5.74) is 0. The van der Waals surface area contributed by atoms with Crippen molar-refractivity contribution in [1.82, 2.24) is 0 Å². The van der Waals surface area contributed by atoms with Crippen LogP contribution in [0.1, 0.15) is 0 Å². The van der Waals surface area contributed by atoms with Crippen LogP contribution in [0.2, 0.25) is 0 Å². The molecule has 0 bridgehead atoms. The van der Waals surface area contributed by atoms with E-state index in [1.807, 2.05) is 0 Å². The number of hydrogen-bond acceptors (Lipinski definition) is 1. The van der Waals surface area contributed by atoms with Crippen molar-refractivity contribution < 1.29 is 8.78 Å². The Labute approximate surface area is 76.1 Å². The first kappa shape index (κ1) is 9.00. The molecule has 0 aliphatic heterocycles. The first-order valence-electron chi connectivity index (χ1n) is 2.83. The van der Waals surface area contributed by atoms with E-state index in [1.165, 1.54) is 17.8 Å². The number of benzene rings is 1. The van der Waals surface area contributed by atoms with E-state index >= 15 is 0 Å². The number of halogens is 3. The molecule has 4 heteroatoms. The lowest BCUT2D eigenvalue weighted by atomic mass is 10.3. The van der Waals surface area contributed by atoms with Crippen molar-refractivity contribution in [3.63, 3.8) is 0 Å². The van der Waals surface area contributed by atoms with E-state index < -0.39 is 11.6 Å². The molecule has 0 amide bonds. The van der Waals surface area contributed by atoms with E-state index in [-0.39, 0.29) is 4.47 Å². The fourth-order valence-corrected chi connectivity index (χ4v) is 1.76. The third-order valence-electron chi connectivity index (χ3n) is 1.18. The molecule has 0 aromatic heterocycles. The fraction of sp³-hybridized carbons (Fsp3) is 0.143. The zero-order valence-electron chi connectivity index (χ0n) is 5.70. The summed E-state index contributed by atoms with van der Waals surface area (Å²) in [5.74, 6) is -0.832. The number of hydrogen-bond donors (Lipinski definition) is 0. The van der Waals surface area contributed by atoms with E-state index in [1.54, 1.807) is 6.26 Å². The normalized spacial score (nSPS) is 10.2. The smallest absolute Gasteiger partial charge is 0.151 e. The fourth-order valence-electron chi connectivity index (χ4n) is 0.681. The second-order valence-electron chi connectivity index (χ2n) is 1.90. The van der Waals surface area contributed by atoms with Gasteiger partial charge in [0.1, 0.15) is 5.82 Å². The largest absolute Gasteiger partial charge is 0.207 e. The van der Waals surface area contributed by atoms with Gasteiger partial charge in [-0.25, -0.2) is 8.78 Å². The first-order valence-corrected chi connectivity index (χ1v) is 4.85. The van der Waals surface area contributed by atoms with Crippen molar-refractivity contribution in [3.05, 3.63) is 28.2 Å². The molecule has 0 heterocycles. The molecule has 0 aliphatic rings. The Bertz CT molecular complexity index is 275. The average molecular weight is 239 g/mol. The molecule has 1 aromatic carbocycles. The molecule has 1 rings (SSSR count). The van der Waals surface area contributed by atoms with Crippen LogP contribution in [0.3, 0.4) is 0 Å². The minimum absolute atomic E-state index is 0.168. The lowest BCUT2D eigenvalue weighted by Crippen LogP contribution is -1.84. The Hall–Kier alpha value is -0.0900. The highest BCUT2D eigenvalue weighted by Gasteiger charge is 2.07. The quantitative estimate of drug-likeness (QED) is 0.534. The van der Waals surface area contributed by atoms with Crippen LogP contribution in [0.4, 0.5) is 8.78 Å². The van der Waals surface area contributed by atoms with Crippen molar-refractivity contribution in [1.29, 1.82) is 0 Å². The molecule has 1 aromatic rings. The van der Waals surface area contributed by atoms with E-state index in [9.17, 15) is 8.78 Å². The van der Waals surface area contributed by atoms with Crippen LogP contribution in [0.5, 0.6) is 0 Å². The van der Waals surface area contributed by atoms with Gasteiger partial charge in [0.15, 0.2) is 5.82 Å². The summed E-state index contributed by atoms with van der Waals surface area (Å²) in [7, 11) is 0.